The lowest BCUT2D eigenvalue weighted by Crippen LogP contribution is -2.46. The molecule has 1 aromatic rings. The number of aryl methyl sites for hydroxylation is 1. The van der Waals surface area contributed by atoms with E-state index in [1.165, 1.54) is 19.3 Å². The van der Waals surface area contributed by atoms with Crippen molar-refractivity contribution in [1.29, 1.82) is 0 Å². The van der Waals surface area contributed by atoms with Crippen LogP contribution in [-0.4, -0.2) is 40.7 Å². The number of primary amides is 1. The molecule has 3 atom stereocenters. The number of carbonyl (C=O) groups excluding carboxylic acids is 2. The third kappa shape index (κ3) is 4.39. The van der Waals surface area contributed by atoms with E-state index in [-0.39, 0.29) is 36.1 Å². The molecule has 7 nitrogen and oxygen atoms in total. The van der Waals surface area contributed by atoms with Crippen molar-refractivity contribution in [2.45, 2.75) is 50.5 Å². The number of aromatic nitrogens is 2. The van der Waals surface area contributed by atoms with Gasteiger partial charge in [0.25, 0.3) is 0 Å². The Kier molecular flexibility index (Phi) is 5.73. The molecule has 2 heterocycles. The molecule has 1 saturated carbocycles. The van der Waals surface area contributed by atoms with Crippen molar-refractivity contribution in [3.8, 4) is 0 Å². The van der Waals surface area contributed by atoms with E-state index in [0.717, 1.165) is 24.9 Å². The minimum atomic E-state index is -0.343. The molecule has 1 aromatic heterocycles. The van der Waals surface area contributed by atoms with Gasteiger partial charge in [0.05, 0.1) is 12.1 Å². The van der Waals surface area contributed by atoms with Crippen LogP contribution in [0.25, 0.3) is 0 Å². The van der Waals surface area contributed by atoms with Crippen molar-refractivity contribution < 1.29 is 9.59 Å². The van der Waals surface area contributed by atoms with Gasteiger partial charge in [-0.05, 0) is 24.3 Å². The average molecular weight is 347 g/mol. The van der Waals surface area contributed by atoms with Gasteiger partial charge in [-0.1, -0.05) is 19.3 Å². The summed E-state index contributed by atoms with van der Waals surface area (Å²) in [6.45, 7) is 1.42. The van der Waals surface area contributed by atoms with Gasteiger partial charge in [-0.25, -0.2) is 0 Å². The Bertz CT molecular complexity index is 608. The first-order chi connectivity index (χ1) is 12.0. The molecule has 2 fully saturated rings. The summed E-state index contributed by atoms with van der Waals surface area (Å²) < 4.78 is 1.76. The van der Waals surface area contributed by atoms with Gasteiger partial charge in [0.15, 0.2) is 0 Å². The van der Waals surface area contributed by atoms with E-state index in [0.29, 0.717) is 12.5 Å². The first kappa shape index (κ1) is 17.9. The topological polar surface area (TPSA) is 102 Å². The van der Waals surface area contributed by atoms with Gasteiger partial charge in [-0.3, -0.25) is 14.3 Å². The van der Waals surface area contributed by atoms with Crippen LogP contribution in [0.1, 0.15) is 50.0 Å². The fourth-order valence-electron chi connectivity index (χ4n) is 4.31. The van der Waals surface area contributed by atoms with Gasteiger partial charge in [0.2, 0.25) is 11.8 Å². The third-order valence-corrected chi connectivity index (χ3v) is 5.67. The second-order valence-electron chi connectivity index (χ2n) is 7.50. The minimum Gasteiger partial charge on any atom is -0.370 e. The Labute approximate surface area is 148 Å². The first-order valence-corrected chi connectivity index (χ1v) is 9.32. The van der Waals surface area contributed by atoms with Gasteiger partial charge in [0.1, 0.15) is 0 Å². The summed E-state index contributed by atoms with van der Waals surface area (Å²) in [5, 5.41) is 10.7. The summed E-state index contributed by atoms with van der Waals surface area (Å²) >= 11 is 0. The normalized spacial score (nSPS) is 25.6. The number of carbonyl (C=O) groups is 2. The highest BCUT2D eigenvalue weighted by molar-refractivity contribution is 5.82. The average Bonchev–Trinajstić information content (AvgIpc) is 3.23. The Balaban J connectivity index is 1.68. The number of nitrogens with one attached hydrogen (secondary N) is 2. The third-order valence-electron chi connectivity index (χ3n) is 5.67. The summed E-state index contributed by atoms with van der Waals surface area (Å²) in [6, 6.07) is -0.138. The van der Waals surface area contributed by atoms with E-state index in [1.807, 2.05) is 19.4 Å². The van der Waals surface area contributed by atoms with Gasteiger partial charge >= 0.3 is 0 Å². The summed E-state index contributed by atoms with van der Waals surface area (Å²) in [6.07, 6.45) is 9.73. The second kappa shape index (κ2) is 7.99. The molecule has 3 rings (SSSR count). The van der Waals surface area contributed by atoms with Crippen LogP contribution in [0, 0.1) is 11.8 Å². The van der Waals surface area contributed by atoms with Crippen LogP contribution in [0.5, 0.6) is 0 Å². The van der Waals surface area contributed by atoms with Crippen molar-refractivity contribution in [2.24, 2.45) is 24.6 Å². The highest BCUT2D eigenvalue weighted by atomic mass is 16.2. The maximum atomic E-state index is 12.9. The van der Waals surface area contributed by atoms with Crippen molar-refractivity contribution in [2.75, 3.05) is 13.1 Å². The molecule has 1 saturated heterocycles. The van der Waals surface area contributed by atoms with Crippen LogP contribution in [0.2, 0.25) is 0 Å². The Morgan fingerprint density at radius 1 is 1.36 bits per heavy atom. The molecule has 25 heavy (non-hydrogen) atoms. The molecule has 1 aliphatic carbocycles. The number of nitrogens with two attached hydrogens (primary N) is 1. The van der Waals surface area contributed by atoms with Crippen LogP contribution in [0.4, 0.5) is 0 Å². The second-order valence-corrected chi connectivity index (χ2v) is 7.50. The highest BCUT2D eigenvalue weighted by Gasteiger charge is 2.36. The van der Waals surface area contributed by atoms with E-state index < -0.39 is 0 Å². The maximum absolute atomic E-state index is 12.9. The largest absolute Gasteiger partial charge is 0.370 e. The number of nitrogens with zero attached hydrogens (tertiary/aromatic N) is 2. The van der Waals surface area contributed by atoms with Crippen LogP contribution in [0.3, 0.4) is 0 Å². The molecule has 0 spiro atoms. The van der Waals surface area contributed by atoms with Crippen molar-refractivity contribution >= 4 is 11.8 Å². The van der Waals surface area contributed by atoms with E-state index in [2.05, 4.69) is 15.7 Å². The molecular formula is C18H29N5O2. The lowest BCUT2D eigenvalue weighted by molar-refractivity contribution is -0.126. The molecule has 2 amide bonds. The van der Waals surface area contributed by atoms with Crippen molar-refractivity contribution in [3.63, 3.8) is 0 Å². The quantitative estimate of drug-likeness (QED) is 0.703. The molecule has 0 bridgehead atoms. The van der Waals surface area contributed by atoms with E-state index >= 15 is 0 Å². The standard InChI is InChI=1S/C18H29N5O2/c1-23-11-13(8-21-23)14-9-20-10-15(14)18(25)22-16(7-17(19)24)12-5-3-2-4-6-12/h8,11-12,14-16,20H,2-7,9-10H2,1H3,(H2,19,24)(H,22,25)/t14-,15+,16?/m1/s1. The number of rotatable bonds is 6. The smallest absolute Gasteiger partial charge is 0.225 e. The molecule has 0 aromatic carbocycles. The molecule has 138 valence electrons. The summed E-state index contributed by atoms with van der Waals surface area (Å²) in [5.41, 5.74) is 6.52. The molecule has 2 aliphatic rings. The summed E-state index contributed by atoms with van der Waals surface area (Å²) in [5.74, 6) is 0.0220. The van der Waals surface area contributed by atoms with Gasteiger partial charge in [-0.2, -0.15) is 5.10 Å². The number of hydrogen-bond donors (Lipinski definition) is 3. The van der Waals surface area contributed by atoms with Crippen molar-refractivity contribution in [1.82, 2.24) is 20.4 Å². The van der Waals surface area contributed by atoms with Crippen LogP contribution >= 0.6 is 0 Å². The number of amides is 2. The molecular weight excluding hydrogens is 318 g/mol. The molecule has 0 radical (unpaired) electrons. The van der Waals surface area contributed by atoms with Crippen LogP contribution in [-0.2, 0) is 16.6 Å². The molecule has 1 aliphatic heterocycles. The molecule has 1 unspecified atom stereocenters. The zero-order valence-corrected chi connectivity index (χ0v) is 14.9. The summed E-state index contributed by atoms with van der Waals surface area (Å²) in [7, 11) is 1.88. The van der Waals surface area contributed by atoms with Crippen molar-refractivity contribution in [3.05, 3.63) is 18.0 Å². The maximum Gasteiger partial charge on any atom is 0.225 e. The minimum absolute atomic E-state index is 0.0238. The van der Waals surface area contributed by atoms with E-state index in [1.54, 1.807) is 4.68 Å². The zero-order chi connectivity index (χ0) is 17.8. The van der Waals surface area contributed by atoms with Gasteiger partial charge in [0, 0.05) is 44.7 Å². The van der Waals surface area contributed by atoms with E-state index in [9.17, 15) is 9.59 Å². The van der Waals surface area contributed by atoms with Crippen LogP contribution in [0.15, 0.2) is 12.4 Å². The lowest BCUT2D eigenvalue weighted by atomic mass is 9.82. The predicted octanol–water partition coefficient (Wildman–Crippen LogP) is 0.664. The Morgan fingerprint density at radius 3 is 2.76 bits per heavy atom. The summed E-state index contributed by atoms with van der Waals surface area (Å²) in [4.78, 5) is 24.4. The van der Waals surface area contributed by atoms with E-state index in [4.69, 9.17) is 5.73 Å². The Hall–Kier alpha value is -1.89. The fourth-order valence-corrected chi connectivity index (χ4v) is 4.31. The molecule has 4 N–H and O–H groups in total. The zero-order valence-electron chi connectivity index (χ0n) is 14.9. The van der Waals surface area contributed by atoms with Crippen LogP contribution < -0.4 is 16.4 Å². The monoisotopic (exact) mass is 347 g/mol. The predicted molar refractivity (Wildman–Crippen MR) is 94.6 cm³/mol. The number of hydrogen-bond acceptors (Lipinski definition) is 4. The highest BCUT2D eigenvalue weighted by Crippen LogP contribution is 2.30. The fraction of sp³-hybridized carbons (Fsp3) is 0.722. The Morgan fingerprint density at radius 2 is 2.12 bits per heavy atom. The molecule has 7 heteroatoms. The van der Waals surface area contributed by atoms with Gasteiger partial charge in [-0.15, -0.1) is 0 Å². The SMILES string of the molecule is Cn1cc([C@H]2CNC[C@@H]2C(=O)NC(CC(N)=O)C2CCCCC2)cn1. The lowest BCUT2D eigenvalue weighted by Gasteiger charge is -2.31. The first-order valence-electron chi connectivity index (χ1n) is 9.32. The van der Waals surface area contributed by atoms with Gasteiger partial charge < -0.3 is 16.4 Å².